The molecule has 1 heterocycles. The molecule has 0 N–H and O–H groups in total. The number of anilines is 2. The molecule has 1 aromatic heterocycles. The second-order valence-electron chi connectivity index (χ2n) is 6.67. The molecular weight excluding hydrogens is 370 g/mol. The molecule has 4 aromatic rings. The zero-order chi connectivity index (χ0) is 18.2. The first kappa shape index (κ1) is 16.6. The molecule has 3 aromatic carbocycles. The molecule has 3 heteroatoms. The molecule has 0 bridgehead atoms. The van der Waals surface area contributed by atoms with Crippen LogP contribution in [0.2, 0.25) is 5.02 Å². The van der Waals surface area contributed by atoms with Gasteiger partial charge < -0.3 is 4.90 Å². The number of thiophene rings is 1. The fourth-order valence-corrected chi connectivity index (χ4v) is 5.26. The van der Waals surface area contributed by atoms with Gasteiger partial charge in [0.1, 0.15) is 0 Å². The second-order valence-corrected chi connectivity index (χ2v) is 8.10. The maximum atomic E-state index is 6.50. The first-order valence-electron chi connectivity index (χ1n) is 9.13. The predicted molar refractivity (Wildman–Crippen MR) is 119 cm³/mol. The number of rotatable bonds is 3. The van der Waals surface area contributed by atoms with Gasteiger partial charge in [-0.3, -0.25) is 0 Å². The van der Waals surface area contributed by atoms with Crippen LogP contribution in [-0.4, -0.2) is 0 Å². The van der Waals surface area contributed by atoms with Crippen LogP contribution in [0, 0.1) is 0 Å². The van der Waals surface area contributed by atoms with Gasteiger partial charge in [0, 0.05) is 22.2 Å². The lowest BCUT2D eigenvalue weighted by atomic mass is 10.1. The van der Waals surface area contributed by atoms with Crippen molar-refractivity contribution in [1.29, 1.82) is 0 Å². The zero-order valence-electron chi connectivity index (χ0n) is 14.7. The molecule has 0 saturated heterocycles. The van der Waals surface area contributed by atoms with Crippen LogP contribution in [0.1, 0.15) is 12.8 Å². The largest absolute Gasteiger partial charge is 0.313 e. The molecule has 0 fully saturated rings. The monoisotopic (exact) mass is 387 g/mol. The van der Waals surface area contributed by atoms with Gasteiger partial charge in [-0.05, 0) is 43.2 Å². The van der Waals surface area contributed by atoms with Crippen molar-refractivity contribution >= 4 is 54.5 Å². The number of nitrogens with zero attached hydrogens (tertiary/aromatic N) is 1. The molecule has 5 rings (SSSR count). The average molecular weight is 388 g/mol. The molecule has 0 atom stereocenters. The Balaban J connectivity index is 1.80. The third kappa shape index (κ3) is 2.86. The molecule has 1 nitrogen and oxygen atoms in total. The van der Waals surface area contributed by atoms with Gasteiger partial charge in [-0.1, -0.05) is 66.2 Å². The predicted octanol–water partition coefficient (Wildman–Crippen LogP) is 8.08. The number of para-hydroxylation sites is 1. The van der Waals surface area contributed by atoms with Gasteiger partial charge in [-0.25, -0.2) is 0 Å². The topological polar surface area (TPSA) is 3.24 Å². The summed E-state index contributed by atoms with van der Waals surface area (Å²) < 4.78 is 2.44. The van der Waals surface area contributed by atoms with E-state index in [-0.39, 0.29) is 0 Å². The minimum atomic E-state index is 0.825. The summed E-state index contributed by atoms with van der Waals surface area (Å²) in [4.78, 5) is 2.40. The lowest BCUT2D eigenvalue weighted by Crippen LogP contribution is -2.17. The Bertz CT molecular complexity index is 1190. The molecule has 0 unspecified atom stereocenters. The Morgan fingerprint density at radius 2 is 1.59 bits per heavy atom. The highest BCUT2D eigenvalue weighted by Gasteiger charge is 2.19. The summed E-state index contributed by atoms with van der Waals surface area (Å²) in [7, 11) is 0. The van der Waals surface area contributed by atoms with Gasteiger partial charge in [0.2, 0.25) is 0 Å². The Kier molecular flexibility index (Phi) is 4.23. The van der Waals surface area contributed by atoms with E-state index in [1.165, 1.54) is 32.5 Å². The van der Waals surface area contributed by atoms with Gasteiger partial charge >= 0.3 is 0 Å². The van der Waals surface area contributed by atoms with Gasteiger partial charge in [0.25, 0.3) is 0 Å². The van der Waals surface area contributed by atoms with Crippen LogP contribution in [0.25, 0.3) is 20.2 Å². The number of fused-ring (bicyclic) bond motifs is 3. The van der Waals surface area contributed by atoms with Crippen molar-refractivity contribution in [3.8, 4) is 0 Å². The first-order chi connectivity index (χ1) is 13.3. The maximum absolute atomic E-state index is 6.50. The van der Waals surface area contributed by atoms with Crippen LogP contribution in [0.4, 0.5) is 11.4 Å². The van der Waals surface area contributed by atoms with E-state index in [1.54, 1.807) is 11.3 Å². The molecule has 1 aliphatic carbocycles. The van der Waals surface area contributed by atoms with Crippen molar-refractivity contribution in [2.75, 3.05) is 4.90 Å². The highest BCUT2D eigenvalue weighted by Crippen LogP contribution is 2.45. The van der Waals surface area contributed by atoms with Crippen molar-refractivity contribution in [1.82, 2.24) is 0 Å². The van der Waals surface area contributed by atoms with E-state index < -0.39 is 0 Å². The summed E-state index contributed by atoms with van der Waals surface area (Å²) in [6.45, 7) is 0. The van der Waals surface area contributed by atoms with E-state index in [1.807, 2.05) is 12.1 Å². The first-order valence-corrected chi connectivity index (χ1v) is 10.3. The van der Waals surface area contributed by atoms with Gasteiger partial charge in [0.05, 0.1) is 20.1 Å². The number of benzene rings is 3. The molecule has 0 spiro atoms. The summed E-state index contributed by atoms with van der Waals surface area (Å²) in [6.07, 6.45) is 8.73. The standard InChI is InChI=1S/C24H18ClNS/c25-21-15-7-13-19-20-14-8-16-22(24(20)27-23(19)21)26(17-9-3-1-4-10-17)18-11-5-2-6-12-18/h1-5,7-11,13-16H,6,12H2. The van der Waals surface area contributed by atoms with E-state index in [0.29, 0.717) is 0 Å². The van der Waals surface area contributed by atoms with E-state index >= 15 is 0 Å². The van der Waals surface area contributed by atoms with Crippen molar-refractivity contribution in [2.45, 2.75) is 12.8 Å². The highest BCUT2D eigenvalue weighted by molar-refractivity contribution is 7.27. The summed E-state index contributed by atoms with van der Waals surface area (Å²) in [6, 6.07) is 23.4. The number of halogens is 1. The molecule has 0 aliphatic heterocycles. The highest BCUT2D eigenvalue weighted by atomic mass is 35.5. The van der Waals surface area contributed by atoms with Gasteiger partial charge in [0.15, 0.2) is 0 Å². The lowest BCUT2D eigenvalue weighted by molar-refractivity contribution is 0.920. The molecular formula is C24H18ClNS. The van der Waals surface area contributed by atoms with Gasteiger partial charge in [-0.15, -0.1) is 11.3 Å². The maximum Gasteiger partial charge on any atom is 0.0637 e. The van der Waals surface area contributed by atoms with Crippen molar-refractivity contribution in [2.24, 2.45) is 0 Å². The number of hydrogen-bond donors (Lipinski definition) is 0. The third-order valence-electron chi connectivity index (χ3n) is 4.99. The number of allylic oxidation sites excluding steroid dienone is 4. The van der Waals surface area contributed by atoms with Crippen molar-refractivity contribution in [3.05, 3.63) is 95.7 Å². The Morgan fingerprint density at radius 1 is 0.815 bits per heavy atom. The van der Waals surface area contributed by atoms with Crippen LogP contribution in [0.3, 0.4) is 0 Å². The Hall–Kier alpha value is -2.55. The van der Waals surface area contributed by atoms with Gasteiger partial charge in [-0.2, -0.15) is 0 Å². The summed E-state index contributed by atoms with van der Waals surface area (Å²) >= 11 is 8.29. The normalized spacial score (nSPS) is 13.9. The molecule has 0 radical (unpaired) electrons. The lowest BCUT2D eigenvalue weighted by Gasteiger charge is -2.29. The molecule has 132 valence electrons. The van der Waals surface area contributed by atoms with Crippen LogP contribution in [0.15, 0.2) is 90.7 Å². The van der Waals surface area contributed by atoms with Crippen LogP contribution in [-0.2, 0) is 0 Å². The Morgan fingerprint density at radius 3 is 2.37 bits per heavy atom. The van der Waals surface area contributed by atoms with Crippen LogP contribution in [0.5, 0.6) is 0 Å². The fraction of sp³-hybridized carbons (Fsp3) is 0.0833. The second kappa shape index (κ2) is 6.88. The van der Waals surface area contributed by atoms with Crippen LogP contribution < -0.4 is 4.90 Å². The number of hydrogen-bond acceptors (Lipinski definition) is 2. The molecule has 0 saturated carbocycles. The minimum absolute atomic E-state index is 0.825. The summed E-state index contributed by atoms with van der Waals surface area (Å²) in [5, 5.41) is 3.32. The zero-order valence-corrected chi connectivity index (χ0v) is 16.3. The SMILES string of the molecule is Clc1cccc2c1sc1c(N(C3=CC=CCC3)c3ccccc3)cccc12. The fourth-order valence-electron chi connectivity index (χ4n) is 3.76. The average Bonchev–Trinajstić information content (AvgIpc) is 3.11. The van der Waals surface area contributed by atoms with E-state index in [9.17, 15) is 0 Å². The van der Waals surface area contributed by atoms with E-state index in [0.717, 1.165) is 22.6 Å². The Labute approximate surface area is 167 Å². The summed E-state index contributed by atoms with van der Waals surface area (Å²) in [5.74, 6) is 0. The van der Waals surface area contributed by atoms with Crippen molar-refractivity contribution < 1.29 is 0 Å². The van der Waals surface area contributed by atoms with Crippen LogP contribution >= 0.6 is 22.9 Å². The molecule has 0 amide bonds. The molecule has 27 heavy (non-hydrogen) atoms. The van der Waals surface area contributed by atoms with Crippen molar-refractivity contribution in [3.63, 3.8) is 0 Å². The van der Waals surface area contributed by atoms with E-state index in [2.05, 4.69) is 77.7 Å². The molecule has 1 aliphatic rings. The third-order valence-corrected chi connectivity index (χ3v) is 6.69. The summed E-state index contributed by atoms with van der Waals surface area (Å²) in [5.41, 5.74) is 3.73. The quantitative estimate of drug-likeness (QED) is 0.343. The van der Waals surface area contributed by atoms with E-state index in [4.69, 9.17) is 11.6 Å². The smallest absolute Gasteiger partial charge is 0.0637 e. The minimum Gasteiger partial charge on any atom is -0.313 e.